The lowest BCUT2D eigenvalue weighted by Crippen LogP contribution is -2.38. The van der Waals surface area contributed by atoms with Crippen LogP contribution in [0.1, 0.15) is 18.1 Å². The second kappa shape index (κ2) is 5.38. The zero-order chi connectivity index (χ0) is 16.1. The Morgan fingerprint density at radius 3 is 2.68 bits per heavy atom. The first-order chi connectivity index (χ1) is 10.3. The smallest absolute Gasteiger partial charge is 0.244 e. The van der Waals surface area contributed by atoms with E-state index < -0.39 is 9.84 Å². The standard InChI is InChI=1S/C15H18N2O3S2/c1-9-4-5-12(10(2)6-9)17-13-7-22(19,20)8-14(13)21-15(17)16-11(3)18/h4-6,13-14H,7-8H2,1-3H3/t13-,14+/m1/s1. The summed E-state index contributed by atoms with van der Waals surface area (Å²) in [6, 6.07) is 5.89. The van der Waals surface area contributed by atoms with Crippen molar-refractivity contribution < 1.29 is 13.2 Å². The highest BCUT2D eigenvalue weighted by Crippen LogP contribution is 2.41. The van der Waals surface area contributed by atoms with Gasteiger partial charge in [0.25, 0.3) is 0 Å². The van der Waals surface area contributed by atoms with E-state index in [2.05, 4.69) is 11.1 Å². The number of carbonyl (C=O) groups is 1. The maximum absolute atomic E-state index is 11.9. The molecular weight excluding hydrogens is 320 g/mol. The molecule has 0 spiro atoms. The summed E-state index contributed by atoms with van der Waals surface area (Å²) >= 11 is 1.40. The number of fused-ring (bicyclic) bond motifs is 1. The van der Waals surface area contributed by atoms with Crippen molar-refractivity contribution in [3.63, 3.8) is 0 Å². The van der Waals surface area contributed by atoms with Gasteiger partial charge >= 0.3 is 0 Å². The fourth-order valence-electron chi connectivity index (χ4n) is 3.06. The molecule has 1 amide bonds. The van der Waals surface area contributed by atoms with Crippen LogP contribution in [0.5, 0.6) is 0 Å². The van der Waals surface area contributed by atoms with E-state index >= 15 is 0 Å². The van der Waals surface area contributed by atoms with Gasteiger partial charge in [-0.2, -0.15) is 4.99 Å². The lowest BCUT2D eigenvalue weighted by molar-refractivity contribution is -0.115. The Labute approximate surface area is 134 Å². The molecule has 0 N–H and O–H groups in total. The van der Waals surface area contributed by atoms with Crippen LogP contribution in [0.25, 0.3) is 0 Å². The Balaban J connectivity index is 2.08. The fraction of sp³-hybridized carbons (Fsp3) is 0.467. The first kappa shape index (κ1) is 15.6. The molecule has 2 fully saturated rings. The predicted octanol–water partition coefficient (Wildman–Crippen LogP) is 1.92. The molecule has 2 atom stereocenters. The highest BCUT2D eigenvalue weighted by Gasteiger charge is 2.49. The van der Waals surface area contributed by atoms with E-state index in [0.717, 1.165) is 16.8 Å². The molecule has 2 aliphatic rings. The maximum Gasteiger partial charge on any atom is 0.244 e. The minimum atomic E-state index is -3.02. The molecule has 0 aliphatic carbocycles. The summed E-state index contributed by atoms with van der Waals surface area (Å²) < 4.78 is 23.9. The molecule has 7 heteroatoms. The number of sulfone groups is 1. The lowest BCUT2D eigenvalue weighted by atomic mass is 10.1. The van der Waals surface area contributed by atoms with Gasteiger partial charge in [-0.1, -0.05) is 29.5 Å². The number of amides is 1. The number of hydrogen-bond acceptors (Lipinski definition) is 4. The minimum absolute atomic E-state index is 0.0520. The van der Waals surface area contributed by atoms with Crippen molar-refractivity contribution in [2.45, 2.75) is 32.1 Å². The number of thioether (sulfide) groups is 1. The Morgan fingerprint density at radius 1 is 1.32 bits per heavy atom. The first-order valence-electron chi connectivity index (χ1n) is 7.10. The fourth-order valence-corrected chi connectivity index (χ4v) is 7.01. The average molecular weight is 338 g/mol. The summed E-state index contributed by atoms with van der Waals surface area (Å²) in [4.78, 5) is 17.5. The quantitative estimate of drug-likeness (QED) is 0.783. The van der Waals surface area contributed by atoms with Crippen molar-refractivity contribution in [3.05, 3.63) is 29.3 Å². The third-order valence-electron chi connectivity index (χ3n) is 3.93. The Bertz CT molecular complexity index is 771. The van der Waals surface area contributed by atoms with Gasteiger partial charge < -0.3 is 4.90 Å². The molecule has 22 heavy (non-hydrogen) atoms. The highest BCUT2D eigenvalue weighted by atomic mass is 32.2. The number of anilines is 1. The SMILES string of the molecule is CC(=O)N=C1S[C@H]2CS(=O)(=O)C[C@H]2N1c1ccc(C)cc1C. The highest BCUT2D eigenvalue weighted by molar-refractivity contribution is 8.16. The molecule has 118 valence electrons. The van der Waals surface area contributed by atoms with Crippen molar-refractivity contribution in [1.82, 2.24) is 0 Å². The molecule has 0 saturated carbocycles. The monoisotopic (exact) mass is 338 g/mol. The second-order valence-electron chi connectivity index (χ2n) is 5.87. The van der Waals surface area contributed by atoms with Crippen molar-refractivity contribution in [3.8, 4) is 0 Å². The molecule has 2 aliphatic heterocycles. The van der Waals surface area contributed by atoms with Crippen LogP contribution in [-0.4, -0.2) is 42.3 Å². The van der Waals surface area contributed by atoms with Gasteiger partial charge in [0.15, 0.2) is 15.0 Å². The number of carbonyl (C=O) groups excluding carboxylic acids is 1. The number of benzene rings is 1. The summed E-state index contributed by atoms with van der Waals surface area (Å²) in [6.07, 6.45) is 0. The average Bonchev–Trinajstić information content (AvgIpc) is 2.81. The second-order valence-corrected chi connectivity index (χ2v) is 9.23. The third-order valence-corrected chi connectivity index (χ3v) is 7.14. The molecule has 0 aromatic heterocycles. The minimum Gasteiger partial charge on any atom is -0.315 e. The summed E-state index contributed by atoms with van der Waals surface area (Å²) in [5, 5.41) is 0.563. The van der Waals surface area contributed by atoms with Crippen LogP contribution >= 0.6 is 11.8 Å². The van der Waals surface area contributed by atoms with Crippen molar-refractivity contribution in [2.75, 3.05) is 16.4 Å². The van der Waals surface area contributed by atoms with Crippen LogP contribution in [0, 0.1) is 13.8 Å². The van der Waals surface area contributed by atoms with Gasteiger partial charge in [-0.05, 0) is 25.5 Å². The Hall–Kier alpha value is -1.34. The molecule has 0 radical (unpaired) electrons. The van der Waals surface area contributed by atoms with Crippen LogP contribution < -0.4 is 4.90 Å². The predicted molar refractivity (Wildman–Crippen MR) is 90.3 cm³/mol. The zero-order valence-corrected chi connectivity index (χ0v) is 14.4. The summed E-state index contributed by atoms with van der Waals surface area (Å²) in [5.41, 5.74) is 3.14. The summed E-state index contributed by atoms with van der Waals surface area (Å²) in [7, 11) is -3.02. The number of hydrogen-bond donors (Lipinski definition) is 0. The van der Waals surface area contributed by atoms with E-state index in [1.54, 1.807) is 0 Å². The van der Waals surface area contributed by atoms with Gasteiger partial charge in [-0.25, -0.2) is 8.42 Å². The molecule has 0 unspecified atom stereocenters. The van der Waals surface area contributed by atoms with Crippen LogP contribution in [0.3, 0.4) is 0 Å². The van der Waals surface area contributed by atoms with Crippen molar-refractivity contribution in [1.29, 1.82) is 0 Å². The third kappa shape index (κ3) is 2.79. The van der Waals surface area contributed by atoms with E-state index in [-0.39, 0.29) is 28.7 Å². The number of nitrogens with zero attached hydrogens (tertiary/aromatic N) is 2. The topological polar surface area (TPSA) is 66.8 Å². The Kier molecular flexibility index (Phi) is 3.81. The van der Waals surface area contributed by atoms with Crippen molar-refractivity contribution >= 4 is 38.4 Å². The largest absolute Gasteiger partial charge is 0.315 e. The van der Waals surface area contributed by atoms with Gasteiger partial charge in [0, 0.05) is 17.9 Å². The maximum atomic E-state index is 11.9. The molecule has 1 aromatic rings. The van der Waals surface area contributed by atoms with Crippen LogP contribution in [0.4, 0.5) is 5.69 Å². The number of rotatable bonds is 1. The first-order valence-corrected chi connectivity index (χ1v) is 9.80. The number of aryl methyl sites for hydroxylation is 2. The summed E-state index contributed by atoms with van der Waals surface area (Å²) in [5.74, 6) is 0.00959. The molecule has 5 nitrogen and oxygen atoms in total. The van der Waals surface area contributed by atoms with E-state index in [1.165, 1.54) is 18.7 Å². The van der Waals surface area contributed by atoms with Crippen LogP contribution in [-0.2, 0) is 14.6 Å². The van der Waals surface area contributed by atoms with Crippen molar-refractivity contribution in [2.24, 2.45) is 4.99 Å². The zero-order valence-electron chi connectivity index (χ0n) is 12.7. The number of amidine groups is 1. The van der Waals surface area contributed by atoms with Gasteiger partial charge in [0.2, 0.25) is 5.91 Å². The molecule has 3 rings (SSSR count). The van der Waals surface area contributed by atoms with Gasteiger partial charge in [-0.3, -0.25) is 4.79 Å². The Morgan fingerprint density at radius 2 is 2.05 bits per heavy atom. The van der Waals surface area contributed by atoms with E-state index in [4.69, 9.17) is 0 Å². The molecule has 2 heterocycles. The van der Waals surface area contributed by atoms with E-state index in [0.29, 0.717) is 5.17 Å². The van der Waals surface area contributed by atoms with Gasteiger partial charge in [0.05, 0.1) is 17.5 Å². The normalized spacial score (nSPS) is 28.1. The van der Waals surface area contributed by atoms with Crippen LogP contribution in [0.15, 0.2) is 23.2 Å². The van der Waals surface area contributed by atoms with E-state index in [1.807, 2.05) is 30.9 Å². The molecule has 0 bridgehead atoms. The van der Waals surface area contributed by atoms with Gasteiger partial charge in [-0.15, -0.1) is 0 Å². The summed E-state index contributed by atoms with van der Waals surface area (Å²) in [6.45, 7) is 5.43. The van der Waals surface area contributed by atoms with Crippen LogP contribution in [0.2, 0.25) is 0 Å². The van der Waals surface area contributed by atoms with E-state index in [9.17, 15) is 13.2 Å². The molecule has 1 aromatic carbocycles. The molecule has 2 saturated heterocycles. The molecular formula is C15H18N2O3S2. The number of aliphatic imine (C=N–C) groups is 1. The lowest BCUT2D eigenvalue weighted by Gasteiger charge is -2.26. The van der Waals surface area contributed by atoms with Gasteiger partial charge in [0.1, 0.15) is 0 Å².